The summed E-state index contributed by atoms with van der Waals surface area (Å²) in [5.41, 5.74) is 0.180. The van der Waals surface area contributed by atoms with E-state index < -0.39 is 17.8 Å². The smallest absolute Gasteiger partial charge is 0.379 e. The molecule has 1 fully saturated rings. The number of halogens is 4. The van der Waals surface area contributed by atoms with Gasteiger partial charge in [-0.05, 0) is 33.6 Å². The number of hydrogen-bond donors (Lipinski definition) is 1. The lowest BCUT2D eigenvalue weighted by molar-refractivity contribution is -0.142. The number of ether oxygens (including phenoxy) is 1. The zero-order valence-electron chi connectivity index (χ0n) is 14.5. The number of morpholine rings is 1. The van der Waals surface area contributed by atoms with Gasteiger partial charge in [0.1, 0.15) is 5.69 Å². The van der Waals surface area contributed by atoms with Crippen molar-refractivity contribution in [2.45, 2.75) is 12.7 Å². The van der Waals surface area contributed by atoms with E-state index in [4.69, 9.17) is 4.74 Å². The number of alkyl halides is 3. The molecule has 0 bridgehead atoms. The molecule has 146 valence electrons. The largest absolute Gasteiger partial charge is 0.436 e. The van der Waals surface area contributed by atoms with Crippen molar-refractivity contribution in [2.24, 2.45) is 7.05 Å². The average Bonchev–Trinajstić information content (AvgIpc) is 2.91. The molecule has 0 atom stereocenters. The van der Waals surface area contributed by atoms with E-state index in [0.29, 0.717) is 25.4 Å². The third-order valence-electron chi connectivity index (χ3n) is 4.17. The Labute approximate surface area is 162 Å². The van der Waals surface area contributed by atoms with Gasteiger partial charge in [-0.3, -0.25) is 14.4 Å². The Balaban J connectivity index is 1.75. The Bertz CT molecular complexity index is 832. The predicted molar refractivity (Wildman–Crippen MR) is 96.4 cm³/mol. The summed E-state index contributed by atoms with van der Waals surface area (Å²) < 4.78 is 44.7. The monoisotopic (exact) mass is 446 g/mol. The zero-order chi connectivity index (χ0) is 19.6. The summed E-state index contributed by atoms with van der Waals surface area (Å²) in [4.78, 5) is 14.7. The van der Waals surface area contributed by atoms with Crippen LogP contribution in [0.3, 0.4) is 0 Å². The number of hydrogen-bond acceptors (Lipinski definition) is 4. The molecule has 0 spiro atoms. The van der Waals surface area contributed by atoms with Crippen LogP contribution < -0.4 is 5.32 Å². The van der Waals surface area contributed by atoms with Crippen molar-refractivity contribution >= 4 is 27.5 Å². The molecule has 1 aliphatic rings. The molecule has 1 amide bonds. The van der Waals surface area contributed by atoms with Crippen LogP contribution in [0.15, 0.2) is 28.7 Å². The number of anilines is 1. The van der Waals surface area contributed by atoms with Gasteiger partial charge < -0.3 is 10.1 Å². The van der Waals surface area contributed by atoms with E-state index in [-0.39, 0.29) is 10.2 Å². The minimum atomic E-state index is -4.65. The number of rotatable bonds is 4. The van der Waals surface area contributed by atoms with E-state index in [0.717, 1.165) is 23.3 Å². The SMILES string of the molecule is Cn1nc(C(F)(F)F)c(Br)c1C(=O)Nc1cccc(CN2CCOCC2)c1. The maximum Gasteiger partial charge on any atom is 0.436 e. The molecule has 3 rings (SSSR count). The Hall–Kier alpha value is -1.91. The third-order valence-corrected chi connectivity index (χ3v) is 4.92. The first-order valence-electron chi connectivity index (χ1n) is 8.26. The number of aryl methyl sites for hydroxylation is 1. The van der Waals surface area contributed by atoms with E-state index in [1.54, 1.807) is 12.1 Å². The minimum absolute atomic E-state index is 0.194. The molecule has 6 nitrogen and oxygen atoms in total. The molecule has 1 N–H and O–H groups in total. The fourth-order valence-corrected chi connectivity index (χ4v) is 3.62. The first kappa shape index (κ1) is 19.8. The second-order valence-electron chi connectivity index (χ2n) is 6.18. The van der Waals surface area contributed by atoms with Gasteiger partial charge in [-0.25, -0.2) is 0 Å². The summed E-state index contributed by atoms with van der Waals surface area (Å²) in [6, 6.07) is 7.23. The predicted octanol–water partition coefficient (Wildman–Crippen LogP) is 3.29. The summed E-state index contributed by atoms with van der Waals surface area (Å²) in [6.07, 6.45) is -4.65. The number of nitrogens with zero attached hydrogens (tertiary/aromatic N) is 3. The van der Waals surface area contributed by atoms with Gasteiger partial charge in [0.2, 0.25) is 0 Å². The highest BCUT2D eigenvalue weighted by molar-refractivity contribution is 9.10. The van der Waals surface area contributed by atoms with Crippen LogP contribution in [0.1, 0.15) is 21.7 Å². The molecule has 2 aromatic rings. The minimum Gasteiger partial charge on any atom is -0.379 e. The molecule has 10 heteroatoms. The number of amides is 1. The van der Waals surface area contributed by atoms with Gasteiger partial charge in [0.15, 0.2) is 5.69 Å². The molecule has 1 saturated heterocycles. The first-order chi connectivity index (χ1) is 12.8. The number of carbonyl (C=O) groups is 1. The quantitative estimate of drug-likeness (QED) is 0.782. The second-order valence-corrected chi connectivity index (χ2v) is 6.97. The summed E-state index contributed by atoms with van der Waals surface area (Å²) >= 11 is 2.85. The van der Waals surface area contributed by atoms with E-state index in [1.807, 2.05) is 12.1 Å². The fourth-order valence-electron chi connectivity index (χ4n) is 2.88. The lowest BCUT2D eigenvalue weighted by Crippen LogP contribution is -2.35. The van der Waals surface area contributed by atoms with Crippen molar-refractivity contribution < 1.29 is 22.7 Å². The molecule has 1 aliphatic heterocycles. The zero-order valence-corrected chi connectivity index (χ0v) is 16.1. The van der Waals surface area contributed by atoms with Crippen LogP contribution in [0.4, 0.5) is 18.9 Å². The molecule has 27 heavy (non-hydrogen) atoms. The van der Waals surface area contributed by atoms with Crippen LogP contribution >= 0.6 is 15.9 Å². The fraction of sp³-hybridized carbons (Fsp3) is 0.412. The lowest BCUT2D eigenvalue weighted by atomic mass is 10.1. The maximum atomic E-state index is 13.0. The van der Waals surface area contributed by atoms with Crippen LogP contribution in [0, 0.1) is 0 Å². The molecular weight excluding hydrogens is 429 g/mol. The van der Waals surface area contributed by atoms with Gasteiger partial charge in [-0.2, -0.15) is 18.3 Å². The van der Waals surface area contributed by atoms with Crippen molar-refractivity contribution in [3.63, 3.8) is 0 Å². The van der Waals surface area contributed by atoms with Crippen LogP contribution in [0.5, 0.6) is 0 Å². The molecule has 0 unspecified atom stereocenters. The first-order valence-corrected chi connectivity index (χ1v) is 9.05. The van der Waals surface area contributed by atoms with Crippen LogP contribution in [-0.4, -0.2) is 46.9 Å². The van der Waals surface area contributed by atoms with Gasteiger partial charge in [0, 0.05) is 32.4 Å². The van der Waals surface area contributed by atoms with Crippen molar-refractivity contribution in [3.8, 4) is 0 Å². The number of carbonyl (C=O) groups excluding carboxylic acids is 1. The summed E-state index contributed by atoms with van der Waals surface area (Å²) in [6.45, 7) is 3.75. The van der Waals surface area contributed by atoms with Gasteiger partial charge in [-0.1, -0.05) is 12.1 Å². The normalized spacial score (nSPS) is 15.7. The average molecular weight is 447 g/mol. The third kappa shape index (κ3) is 4.69. The molecule has 0 radical (unpaired) electrons. The van der Waals surface area contributed by atoms with Crippen molar-refractivity contribution in [3.05, 3.63) is 45.7 Å². The highest BCUT2D eigenvalue weighted by Gasteiger charge is 2.39. The van der Waals surface area contributed by atoms with Crippen LogP contribution in [0.25, 0.3) is 0 Å². The topological polar surface area (TPSA) is 59.4 Å². The van der Waals surface area contributed by atoms with E-state index in [1.165, 1.54) is 7.05 Å². The number of nitrogens with one attached hydrogen (secondary N) is 1. The van der Waals surface area contributed by atoms with Crippen molar-refractivity contribution in [1.29, 1.82) is 0 Å². The summed E-state index contributed by atoms with van der Waals surface area (Å²) in [5, 5.41) is 6.05. The van der Waals surface area contributed by atoms with E-state index >= 15 is 0 Å². The van der Waals surface area contributed by atoms with Gasteiger partial charge >= 0.3 is 6.18 Å². The van der Waals surface area contributed by atoms with E-state index in [2.05, 4.69) is 31.2 Å². The second kappa shape index (κ2) is 7.99. The van der Waals surface area contributed by atoms with Crippen molar-refractivity contribution in [2.75, 3.05) is 31.6 Å². The molecule has 2 heterocycles. The Morgan fingerprint density at radius 1 is 1.33 bits per heavy atom. The highest BCUT2D eigenvalue weighted by atomic mass is 79.9. The molecule has 0 saturated carbocycles. The van der Waals surface area contributed by atoms with Crippen LogP contribution in [-0.2, 0) is 24.5 Å². The maximum absolute atomic E-state index is 13.0. The molecular formula is C17H18BrF3N4O2. The Morgan fingerprint density at radius 2 is 2.04 bits per heavy atom. The highest BCUT2D eigenvalue weighted by Crippen LogP contribution is 2.35. The Kier molecular flexibility index (Phi) is 5.87. The summed E-state index contributed by atoms with van der Waals surface area (Å²) in [5.74, 6) is -0.670. The number of benzene rings is 1. The molecule has 0 aliphatic carbocycles. The summed E-state index contributed by atoms with van der Waals surface area (Å²) in [7, 11) is 1.30. The van der Waals surface area contributed by atoms with E-state index in [9.17, 15) is 18.0 Å². The van der Waals surface area contributed by atoms with Crippen molar-refractivity contribution in [1.82, 2.24) is 14.7 Å². The molecule has 1 aromatic carbocycles. The Morgan fingerprint density at radius 3 is 2.67 bits per heavy atom. The van der Waals surface area contributed by atoms with Gasteiger partial charge in [0.25, 0.3) is 5.91 Å². The van der Waals surface area contributed by atoms with Crippen LogP contribution in [0.2, 0.25) is 0 Å². The standard InChI is InChI=1S/C17H18BrF3N4O2/c1-24-14(13(18)15(23-24)17(19,20)21)16(26)22-12-4-2-3-11(9-12)10-25-5-7-27-8-6-25/h2-4,9H,5-8,10H2,1H3,(H,22,26). The van der Waals surface area contributed by atoms with Gasteiger partial charge in [-0.15, -0.1) is 0 Å². The number of aromatic nitrogens is 2. The molecule has 1 aromatic heterocycles. The van der Waals surface area contributed by atoms with Gasteiger partial charge in [0.05, 0.1) is 17.7 Å². The lowest BCUT2D eigenvalue weighted by Gasteiger charge is -2.26.